The molecule has 0 aliphatic carbocycles. The van der Waals surface area contributed by atoms with Crippen molar-refractivity contribution in [3.63, 3.8) is 0 Å². The van der Waals surface area contributed by atoms with Crippen LogP contribution in [-0.2, 0) is 101 Å². The molecule has 24 heavy (non-hydrogen) atoms. The Morgan fingerprint density at radius 3 is 0.583 bits per heavy atom. The van der Waals surface area contributed by atoms with Gasteiger partial charge in [0.05, 0.1) is 0 Å². The normalized spacial score (nSPS) is 8.00. The number of hydrogen-bond donors (Lipinski definition) is 0. The summed E-state index contributed by atoms with van der Waals surface area (Å²) in [5.41, 5.74) is 0. The molecule has 0 radical (unpaired) electrons. The molecule has 0 aliphatic rings. The zero-order valence-corrected chi connectivity index (χ0v) is 27.4. The maximum absolute atomic E-state index is 4.71. The van der Waals surface area contributed by atoms with E-state index in [9.17, 15) is 0 Å². The van der Waals surface area contributed by atoms with Gasteiger partial charge in [-0.1, -0.05) is 0 Å². The molecule has 0 saturated carbocycles. The van der Waals surface area contributed by atoms with Gasteiger partial charge in [0.25, 0.3) is 0 Å². The van der Waals surface area contributed by atoms with Gasteiger partial charge in [0.15, 0.2) is 0 Å². The molecule has 0 N–H and O–H groups in total. The van der Waals surface area contributed by atoms with Gasteiger partial charge in [-0.3, -0.25) is 0 Å². The third-order valence-corrected chi connectivity index (χ3v) is 6.23. The molecule has 0 aromatic heterocycles. The standard InChI is InChI=1S/2C4H10S3.2C2H6S2.2Sn/c2*5-1-3-7-4-2-6;2*3-1-2-4;;/h2*5-6H,1-4H2;2*3-4H,1-2H2;;/q;;;;2*+4/p-8. The summed E-state index contributed by atoms with van der Waals surface area (Å²) in [6.07, 6.45) is 0. The Labute approximate surface area is 237 Å². The molecule has 0 aromatic carbocycles. The first-order valence-corrected chi connectivity index (χ1v) is 13.4. The Bertz CT molecular complexity index is 112. The van der Waals surface area contributed by atoms with Crippen LogP contribution in [0.2, 0.25) is 0 Å². The van der Waals surface area contributed by atoms with E-state index in [1.807, 2.05) is 23.5 Å². The van der Waals surface area contributed by atoms with Crippen LogP contribution in [-0.4, -0.2) is 117 Å². The Morgan fingerprint density at radius 2 is 0.500 bits per heavy atom. The molecule has 0 bridgehead atoms. The van der Waals surface area contributed by atoms with Crippen molar-refractivity contribution < 1.29 is 0 Å². The zero-order valence-electron chi connectivity index (χ0n) is 13.6. The van der Waals surface area contributed by atoms with Crippen LogP contribution in [0.3, 0.4) is 0 Å². The molecule has 0 aliphatic heterocycles. The summed E-state index contributed by atoms with van der Waals surface area (Å²) in [6.45, 7) is 0. The Kier molecular flexibility index (Phi) is 101. The minimum absolute atomic E-state index is 0. The van der Waals surface area contributed by atoms with Crippen molar-refractivity contribution in [3.8, 4) is 0 Å². The first-order chi connectivity index (χ1) is 10.7. The van der Waals surface area contributed by atoms with Crippen molar-refractivity contribution in [2.45, 2.75) is 0 Å². The van der Waals surface area contributed by atoms with Crippen LogP contribution in [0, 0.1) is 0 Å². The fourth-order valence-electron chi connectivity index (χ4n) is 0.440. The van der Waals surface area contributed by atoms with E-state index in [1.54, 1.807) is 0 Å². The minimum atomic E-state index is 0. The van der Waals surface area contributed by atoms with E-state index >= 15 is 0 Å². The third kappa shape index (κ3) is 81.0. The van der Waals surface area contributed by atoms with Crippen LogP contribution in [0.1, 0.15) is 0 Å². The maximum atomic E-state index is 4.71. The predicted molar refractivity (Wildman–Crippen MR) is 144 cm³/mol. The topological polar surface area (TPSA) is 0 Å². The number of rotatable bonds is 10. The van der Waals surface area contributed by atoms with E-state index in [0.29, 0.717) is 0 Å². The van der Waals surface area contributed by atoms with Gasteiger partial charge >= 0.3 is 47.8 Å². The van der Waals surface area contributed by atoms with Crippen LogP contribution in [0.15, 0.2) is 0 Å². The van der Waals surface area contributed by atoms with Crippen LogP contribution in [0.25, 0.3) is 0 Å². The van der Waals surface area contributed by atoms with Crippen molar-refractivity contribution in [2.75, 3.05) is 69.0 Å². The first-order valence-electron chi connectivity index (χ1n) is 6.46. The minimum Gasteiger partial charge on any atom is -0.794 e. The third-order valence-electron chi connectivity index (χ3n) is 1.08. The molecule has 140 valence electrons. The largest absolute Gasteiger partial charge is 4.00 e. The molecule has 0 nitrogen and oxygen atoms in total. The van der Waals surface area contributed by atoms with Crippen LogP contribution in [0.5, 0.6) is 0 Å². The van der Waals surface area contributed by atoms with Gasteiger partial charge in [0.1, 0.15) is 0 Å². The van der Waals surface area contributed by atoms with Crippen LogP contribution < -0.4 is 0 Å². The number of thioether (sulfide) groups is 2. The van der Waals surface area contributed by atoms with Crippen molar-refractivity contribution >= 4 is 172 Å². The summed E-state index contributed by atoms with van der Waals surface area (Å²) < 4.78 is 0. The summed E-state index contributed by atoms with van der Waals surface area (Å²) in [5.74, 6) is 10.7. The van der Waals surface area contributed by atoms with E-state index in [1.165, 1.54) is 0 Å². The van der Waals surface area contributed by atoms with Crippen LogP contribution in [0.4, 0.5) is 0 Å². The van der Waals surface area contributed by atoms with Crippen molar-refractivity contribution in [1.82, 2.24) is 0 Å². The molecule has 12 heteroatoms. The van der Waals surface area contributed by atoms with E-state index < -0.39 is 0 Å². The quantitative estimate of drug-likeness (QED) is 0.181. The average molecular weight is 726 g/mol. The molecule has 0 atom stereocenters. The second-order valence-corrected chi connectivity index (χ2v) is 8.57. The molecular weight excluding hydrogens is 702 g/mol. The number of hydrogen-bond acceptors (Lipinski definition) is 10. The van der Waals surface area contributed by atoms with Gasteiger partial charge in [0, 0.05) is 0 Å². The van der Waals surface area contributed by atoms with E-state index in [0.717, 1.165) is 69.0 Å². The van der Waals surface area contributed by atoms with Gasteiger partial charge in [-0.05, 0) is 23.0 Å². The van der Waals surface area contributed by atoms with E-state index in [-0.39, 0.29) is 47.8 Å². The second-order valence-electron chi connectivity index (χ2n) is 2.86. The molecule has 0 unspecified atom stereocenters. The fourth-order valence-corrected chi connectivity index (χ4v) is 2.73. The van der Waals surface area contributed by atoms with Gasteiger partial charge in [0.2, 0.25) is 0 Å². The molecular formula is C12H24S10Sn2. The monoisotopic (exact) mass is 728 g/mol. The Morgan fingerprint density at radius 1 is 0.333 bits per heavy atom. The van der Waals surface area contributed by atoms with Gasteiger partial charge < -0.3 is 101 Å². The molecule has 0 amide bonds. The average Bonchev–Trinajstić information content (AvgIpc) is 2.57. The Balaban J connectivity index is -0.0000000453. The van der Waals surface area contributed by atoms with Gasteiger partial charge in [-0.15, -0.1) is 0 Å². The molecule has 0 spiro atoms. The Hall–Kier alpha value is 5.10. The van der Waals surface area contributed by atoms with Crippen molar-refractivity contribution in [1.29, 1.82) is 0 Å². The first kappa shape index (κ1) is 43.1. The zero-order chi connectivity index (χ0) is 17.9. The summed E-state index contributed by atoms with van der Waals surface area (Å²) >= 11 is 40.3. The van der Waals surface area contributed by atoms with E-state index in [2.05, 4.69) is 50.5 Å². The molecule has 0 rings (SSSR count). The summed E-state index contributed by atoms with van der Waals surface area (Å²) in [5, 5.41) is 0. The van der Waals surface area contributed by atoms with E-state index in [4.69, 9.17) is 50.5 Å². The molecule has 0 aromatic rings. The predicted octanol–water partition coefficient (Wildman–Crippen LogP) is 1.03. The summed E-state index contributed by atoms with van der Waals surface area (Å²) in [4.78, 5) is 0. The van der Waals surface area contributed by atoms with Crippen molar-refractivity contribution in [2.24, 2.45) is 0 Å². The smallest absolute Gasteiger partial charge is 0.794 e. The van der Waals surface area contributed by atoms with Crippen LogP contribution >= 0.6 is 23.5 Å². The molecule has 0 heterocycles. The fraction of sp³-hybridized carbons (Fsp3) is 1.00. The SMILES string of the molecule is [S-]CCSCC[S-].[S-]CCSCC[S-].[S-]CC[S-].[S-]CC[S-].[Sn+4].[Sn+4]. The summed E-state index contributed by atoms with van der Waals surface area (Å²) in [7, 11) is 0. The van der Waals surface area contributed by atoms with Gasteiger partial charge in [-0.2, -0.15) is 69.5 Å². The molecule has 0 saturated heterocycles. The maximum Gasteiger partial charge on any atom is 4.00 e. The summed E-state index contributed by atoms with van der Waals surface area (Å²) in [6, 6.07) is 0. The molecule has 0 fully saturated rings. The second kappa shape index (κ2) is 56.6. The van der Waals surface area contributed by atoms with Crippen molar-refractivity contribution in [3.05, 3.63) is 0 Å². The van der Waals surface area contributed by atoms with Gasteiger partial charge in [-0.25, -0.2) is 0 Å².